The SMILES string of the molecule is Cc1nn(C)cc1CC(=O)N1C[C@H]2C[C@@H](n3cnc4ccccc43)[C@H](O)C[C@H]2C1. The molecule has 1 aromatic carbocycles. The van der Waals surface area contributed by atoms with Crippen molar-refractivity contribution in [3.8, 4) is 0 Å². The van der Waals surface area contributed by atoms with Gasteiger partial charge in [0.2, 0.25) is 5.91 Å². The van der Waals surface area contributed by atoms with Crippen LogP contribution in [0.5, 0.6) is 0 Å². The average molecular weight is 393 g/mol. The highest BCUT2D eigenvalue weighted by Gasteiger charge is 2.43. The van der Waals surface area contributed by atoms with E-state index in [0.29, 0.717) is 18.3 Å². The summed E-state index contributed by atoms with van der Waals surface area (Å²) >= 11 is 0. The minimum Gasteiger partial charge on any atom is -0.391 e. The van der Waals surface area contributed by atoms with Gasteiger partial charge in [0.1, 0.15) is 0 Å². The van der Waals surface area contributed by atoms with Gasteiger partial charge in [0.05, 0.1) is 41.6 Å². The Labute approximate surface area is 169 Å². The molecule has 1 aliphatic heterocycles. The van der Waals surface area contributed by atoms with Crippen LogP contribution in [0.1, 0.15) is 30.1 Å². The molecule has 0 spiro atoms. The highest BCUT2D eigenvalue weighted by atomic mass is 16.3. The van der Waals surface area contributed by atoms with Gasteiger partial charge >= 0.3 is 0 Å². The normalized spacial score (nSPS) is 26.8. The van der Waals surface area contributed by atoms with Gasteiger partial charge in [0.25, 0.3) is 0 Å². The Morgan fingerprint density at radius 3 is 2.72 bits per heavy atom. The second-order valence-electron chi connectivity index (χ2n) is 8.66. The van der Waals surface area contributed by atoms with Crippen LogP contribution < -0.4 is 0 Å². The van der Waals surface area contributed by atoms with Crippen LogP contribution in [0.25, 0.3) is 11.0 Å². The first kappa shape index (κ1) is 18.4. The second-order valence-corrected chi connectivity index (χ2v) is 8.66. The van der Waals surface area contributed by atoms with E-state index in [0.717, 1.165) is 48.2 Å². The van der Waals surface area contributed by atoms with Crippen LogP contribution in [0.2, 0.25) is 0 Å². The molecule has 2 aliphatic rings. The summed E-state index contributed by atoms with van der Waals surface area (Å²) in [5.74, 6) is 0.952. The minimum atomic E-state index is -0.413. The van der Waals surface area contributed by atoms with Gasteiger partial charge in [-0.2, -0.15) is 5.10 Å². The first-order valence-electron chi connectivity index (χ1n) is 10.4. The van der Waals surface area contributed by atoms with Crippen LogP contribution in [-0.4, -0.2) is 54.4 Å². The van der Waals surface area contributed by atoms with Gasteiger partial charge in [-0.25, -0.2) is 4.98 Å². The third-order valence-corrected chi connectivity index (χ3v) is 6.76. The Bertz CT molecular complexity index is 1050. The molecule has 1 saturated carbocycles. The molecule has 1 aliphatic carbocycles. The van der Waals surface area contributed by atoms with E-state index in [-0.39, 0.29) is 11.9 Å². The Kier molecular flexibility index (Phi) is 4.42. The van der Waals surface area contributed by atoms with Crippen LogP contribution in [0, 0.1) is 18.8 Å². The lowest BCUT2D eigenvalue weighted by atomic mass is 9.77. The molecule has 29 heavy (non-hydrogen) atoms. The van der Waals surface area contributed by atoms with Crippen LogP contribution in [0.15, 0.2) is 36.8 Å². The Morgan fingerprint density at radius 1 is 1.21 bits per heavy atom. The highest BCUT2D eigenvalue weighted by Crippen LogP contribution is 2.42. The van der Waals surface area contributed by atoms with Crippen molar-refractivity contribution in [1.29, 1.82) is 0 Å². The number of fused-ring (bicyclic) bond motifs is 2. The van der Waals surface area contributed by atoms with Crippen molar-refractivity contribution in [3.05, 3.63) is 48.0 Å². The Hall–Kier alpha value is -2.67. The number of aromatic nitrogens is 4. The molecule has 7 nitrogen and oxygen atoms in total. The monoisotopic (exact) mass is 393 g/mol. The zero-order valence-corrected chi connectivity index (χ0v) is 16.9. The summed E-state index contributed by atoms with van der Waals surface area (Å²) < 4.78 is 3.89. The van der Waals surface area contributed by atoms with Crippen LogP contribution in [0.3, 0.4) is 0 Å². The number of benzene rings is 1. The smallest absolute Gasteiger partial charge is 0.227 e. The van der Waals surface area contributed by atoms with Gasteiger partial charge in [-0.3, -0.25) is 9.48 Å². The molecule has 152 valence electrons. The number of aliphatic hydroxyl groups excluding tert-OH is 1. The predicted molar refractivity (Wildman–Crippen MR) is 109 cm³/mol. The zero-order chi connectivity index (χ0) is 20.1. The number of aliphatic hydroxyl groups is 1. The molecule has 2 fully saturated rings. The van der Waals surface area contributed by atoms with E-state index >= 15 is 0 Å². The molecule has 3 heterocycles. The molecule has 4 atom stereocenters. The summed E-state index contributed by atoms with van der Waals surface area (Å²) in [7, 11) is 1.88. The number of carbonyl (C=O) groups excluding carboxylic acids is 1. The second kappa shape index (κ2) is 6.99. The number of carbonyl (C=O) groups is 1. The molecule has 2 aromatic heterocycles. The fourth-order valence-corrected chi connectivity index (χ4v) is 5.25. The van der Waals surface area contributed by atoms with E-state index in [1.807, 2.05) is 49.6 Å². The topological polar surface area (TPSA) is 76.2 Å². The van der Waals surface area contributed by atoms with E-state index in [2.05, 4.69) is 20.7 Å². The summed E-state index contributed by atoms with van der Waals surface area (Å²) in [5.41, 5.74) is 3.93. The van der Waals surface area contributed by atoms with E-state index in [4.69, 9.17) is 0 Å². The van der Waals surface area contributed by atoms with Crippen molar-refractivity contribution < 1.29 is 9.90 Å². The fraction of sp³-hybridized carbons (Fsp3) is 0.500. The van der Waals surface area contributed by atoms with Crippen LogP contribution in [-0.2, 0) is 18.3 Å². The maximum atomic E-state index is 12.9. The van der Waals surface area contributed by atoms with E-state index < -0.39 is 6.10 Å². The third-order valence-electron chi connectivity index (χ3n) is 6.76. The maximum absolute atomic E-state index is 12.9. The minimum absolute atomic E-state index is 0.0132. The molecule has 1 amide bonds. The molecule has 1 N–H and O–H groups in total. The van der Waals surface area contributed by atoms with Crippen LogP contribution in [0.4, 0.5) is 0 Å². The van der Waals surface area contributed by atoms with Crippen molar-refractivity contribution in [2.24, 2.45) is 18.9 Å². The Balaban J connectivity index is 1.31. The predicted octanol–water partition coefficient (Wildman–Crippen LogP) is 2.09. The molecule has 3 aromatic rings. The summed E-state index contributed by atoms with van der Waals surface area (Å²) in [6.45, 7) is 3.47. The standard InChI is InChI=1S/C22H27N5O2/c1-14-15(10-25(2)24-14)9-22(29)26-11-16-7-20(21(28)8-17(16)12-26)27-13-23-18-5-3-4-6-19(18)27/h3-6,10,13,16-17,20-21,28H,7-9,11-12H2,1-2H3/t16-,17+,20-,21-/m1/s1. The van der Waals surface area contributed by atoms with E-state index in [1.54, 1.807) is 4.68 Å². The van der Waals surface area contributed by atoms with Gasteiger partial charge in [-0.15, -0.1) is 0 Å². The lowest BCUT2D eigenvalue weighted by molar-refractivity contribution is -0.129. The van der Waals surface area contributed by atoms with Gasteiger partial charge in [0, 0.05) is 31.9 Å². The number of likely N-dealkylation sites (tertiary alicyclic amines) is 1. The molecule has 5 rings (SSSR count). The quantitative estimate of drug-likeness (QED) is 0.739. The van der Waals surface area contributed by atoms with Gasteiger partial charge in [-0.1, -0.05) is 12.1 Å². The number of amides is 1. The number of aryl methyl sites for hydroxylation is 2. The fourth-order valence-electron chi connectivity index (χ4n) is 5.25. The van der Waals surface area contributed by atoms with E-state index in [1.165, 1.54) is 0 Å². The lowest BCUT2D eigenvalue weighted by Gasteiger charge is -2.36. The van der Waals surface area contributed by atoms with Crippen molar-refractivity contribution in [1.82, 2.24) is 24.2 Å². The number of hydrogen-bond acceptors (Lipinski definition) is 4. The van der Waals surface area contributed by atoms with Crippen molar-refractivity contribution in [3.63, 3.8) is 0 Å². The van der Waals surface area contributed by atoms with E-state index in [9.17, 15) is 9.90 Å². The number of para-hydroxylation sites is 2. The molecule has 0 radical (unpaired) electrons. The first-order valence-corrected chi connectivity index (χ1v) is 10.4. The number of hydrogen-bond donors (Lipinski definition) is 1. The highest BCUT2D eigenvalue weighted by molar-refractivity contribution is 5.79. The largest absolute Gasteiger partial charge is 0.391 e. The van der Waals surface area contributed by atoms with Crippen LogP contribution >= 0.6 is 0 Å². The summed E-state index contributed by atoms with van der Waals surface area (Å²) in [4.78, 5) is 19.4. The molecule has 0 unspecified atom stereocenters. The summed E-state index contributed by atoms with van der Waals surface area (Å²) in [5, 5.41) is 15.2. The number of nitrogens with zero attached hydrogens (tertiary/aromatic N) is 5. The third kappa shape index (κ3) is 3.23. The first-order chi connectivity index (χ1) is 14.0. The molecule has 7 heteroatoms. The number of imidazole rings is 1. The van der Waals surface area contributed by atoms with Gasteiger partial charge in [0.15, 0.2) is 0 Å². The van der Waals surface area contributed by atoms with Gasteiger partial charge < -0.3 is 14.6 Å². The summed E-state index contributed by atoms with van der Waals surface area (Å²) in [6, 6.07) is 8.06. The van der Waals surface area contributed by atoms with Crippen molar-refractivity contribution in [2.45, 2.75) is 38.3 Å². The lowest BCUT2D eigenvalue weighted by Crippen LogP contribution is -2.36. The van der Waals surface area contributed by atoms with Crippen molar-refractivity contribution >= 4 is 16.9 Å². The molecule has 0 bridgehead atoms. The van der Waals surface area contributed by atoms with Gasteiger partial charge in [-0.05, 0) is 43.7 Å². The number of rotatable bonds is 3. The molecular formula is C22H27N5O2. The average Bonchev–Trinajstić information content (AvgIpc) is 3.37. The molecular weight excluding hydrogens is 366 g/mol. The summed E-state index contributed by atoms with van der Waals surface area (Å²) in [6.07, 6.45) is 5.38. The Morgan fingerprint density at radius 2 is 1.97 bits per heavy atom. The zero-order valence-electron chi connectivity index (χ0n) is 16.9. The maximum Gasteiger partial charge on any atom is 0.227 e. The van der Waals surface area contributed by atoms with Crippen molar-refractivity contribution in [2.75, 3.05) is 13.1 Å². The molecule has 1 saturated heterocycles.